The molecule has 2 unspecified atom stereocenters. The van der Waals surface area contributed by atoms with E-state index in [0.717, 1.165) is 40.7 Å². The molecule has 2 atom stereocenters. The molecule has 1 aliphatic rings. The van der Waals surface area contributed by atoms with Crippen molar-refractivity contribution in [2.45, 2.75) is 43.9 Å². The van der Waals surface area contributed by atoms with E-state index in [1.165, 1.54) is 0 Å². The van der Waals surface area contributed by atoms with Crippen LogP contribution < -0.4 is 5.48 Å². The van der Waals surface area contributed by atoms with Gasteiger partial charge in [-0.1, -0.05) is 18.2 Å². The first kappa shape index (κ1) is 24.6. The SMILES string of the molecule is Cn1cc(-c2cccc(-c3ncc(-c4cnn(C5CCCC(NOC(=O)C(F)(F)F)C5)c4)cn3)c2)cn1. The van der Waals surface area contributed by atoms with Crippen LogP contribution in [-0.4, -0.2) is 47.7 Å². The van der Waals surface area contributed by atoms with Crippen molar-refractivity contribution in [3.8, 4) is 33.6 Å². The molecular weight excluding hydrogens is 487 g/mol. The fourth-order valence-electron chi connectivity index (χ4n) is 4.43. The second-order valence-corrected chi connectivity index (χ2v) is 9.01. The molecule has 0 amide bonds. The van der Waals surface area contributed by atoms with Gasteiger partial charge in [0.25, 0.3) is 0 Å². The number of aromatic nitrogens is 6. The van der Waals surface area contributed by atoms with Gasteiger partial charge in [-0.2, -0.15) is 23.4 Å². The maximum absolute atomic E-state index is 12.4. The van der Waals surface area contributed by atoms with Gasteiger partial charge in [0.2, 0.25) is 0 Å². The molecule has 0 bridgehead atoms. The van der Waals surface area contributed by atoms with E-state index in [1.54, 1.807) is 34.2 Å². The van der Waals surface area contributed by atoms with E-state index >= 15 is 0 Å². The Bertz CT molecular complexity index is 1380. The van der Waals surface area contributed by atoms with Crippen molar-refractivity contribution < 1.29 is 22.8 Å². The first-order valence-electron chi connectivity index (χ1n) is 11.8. The molecule has 1 fully saturated rings. The van der Waals surface area contributed by atoms with Gasteiger partial charge in [0.05, 0.1) is 18.4 Å². The molecule has 37 heavy (non-hydrogen) atoms. The summed E-state index contributed by atoms with van der Waals surface area (Å²) in [6, 6.07) is 7.50. The summed E-state index contributed by atoms with van der Waals surface area (Å²) in [6.45, 7) is 0. The van der Waals surface area contributed by atoms with E-state index in [0.29, 0.717) is 18.7 Å². The lowest BCUT2D eigenvalue weighted by atomic mass is 9.91. The number of halogens is 3. The van der Waals surface area contributed by atoms with Gasteiger partial charge in [-0.3, -0.25) is 9.36 Å². The zero-order valence-corrected chi connectivity index (χ0v) is 19.9. The van der Waals surface area contributed by atoms with Crippen LogP contribution in [0, 0.1) is 0 Å². The molecule has 1 saturated carbocycles. The molecule has 192 valence electrons. The summed E-state index contributed by atoms with van der Waals surface area (Å²) in [6.07, 6.45) is 8.44. The zero-order chi connectivity index (χ0) is 26.0. The molecule has 9 nitrogen and oxygen atoms in total. The third-order valence-electron chi connectivity index (χ3n) is 6.32. The number of carbonyl (C=O) groups is 1. The van der Waals surface area contributed by atoms with E-state index < -0.39 is 12.1 Å². The van der Waals surface area contributed by atoms with Crippen molar-refractivity contribution in [2.75, 3.05) is 0 Å². The highest BCUT2D eigenvalue weighted by Crippen LogP contribution is 2.30. The molecule has 4 aromatic rings. The monoisotopic (exact) mass is 511 g/mol. The first-order chi connectivity index (χ1) is 17.8. The van der Waals surface area contributed by atoms with Crippen molar-refractivity contribution in [3.63, 3.8) is 0 Å². The van der Waals surface area contributed by atoms with Gasteiger partial charge in [0.1, 0.15) is 0 Å². The highest BCUT2D eigenvalue weighted by Gasteiger charge is 2.42. The number of carbonyl (C=O) groups excluding carboxylic acids is 1. The Balaban J connectivity index is 1.25. The van der Waals surface area contributed by atoms with Crippen LogP contribution in [0.2, 0.25) is 0 Å². The standard InChI is InChI=1S/C25H24F3N7O2/c1-34-14-19(12-31-34)16-4-2-5-17(8-16)23-29-10-18(11-30-23)20-13-32-35(15-20)22-7-3-6-21(9-22)33-37-24(36)25(26,27)28/h2,4-5,8,10-15,21-22,33H,3,6-7,9H2,1H3. The molecule has 12 heteroatoms. The number of benzene rings is 1. The first-order valence-corrected chi connectivity index (χ1v) is 11.8. The van der Waals surface area contributed by atoms with Crippen LogP contribution in [0.3, 0.4) is 0 Å². The fraction of sp³-hybridized carbons (Fsp3) is 0.320. The van der Waals surface area contributed by atoms with Gasteiger partial charge in [0.15, 0.2) is 5.82 Å². The van der Waals surface area contributed by atoms with Crippen LogP contribution in [0.1, 0.15) is 31.7 Å². The minimum Gasteiger partial charge on any atom is -0.363 e. The topological polar surface area (TPSA) is 99.8 Å². The summed E-state index contributed by atoms with van der Waals surface area (Å²) in [5.74, 6) is -1.65. The van der Waals surface area contributed by atoms with E-state index in [9.17, 15) is 18.0 Å². The van der Waals surface area contributed by atoms with Gasteiger partial charge in [-0.25, -0.2) is 14.8 Å². The van der Waals surface area contributed by atoms with Gasteiger partial charge < -0.3 is 4.84 Å². The summed E-state index contributed by atoms with van der Waals surface area (Å²) < 4.78 is 40.7. The molecule has 5 rings (SSSR count). The van der Waals surface area contributed by atoms with E-state index in [4.69, 9.17) is 0 Å². The second-order valence-electron chi connectivity index (χ2n) is 9.01. The highest BCUT2D eigenvalue weighted by atomic mass is 19.4. The Morgan fingerprint density at radius 1 is 0.973 bits per heavy atom. The molecular formula is C25H24F3N7O2. The average Bonchev–Trinajstić information content (AvgIpc) is 3.57. The Morgan fingerprint density at radius 2 is 1.70 bits per heavy atom. The summed E-state index contributed by atoms with van der Waals surface area (Å²) in [5, 5.41) is 8.67. The number of hydrogen-bond donors (Lipinski definition) is 1. The Hall–Kier alpha value is -4.06. The molecule has 0 aliphatic heterocycles. The predicted octanol–water partition coefficient (Wildman–Crippen LogP) is 4.50. The lowest BCUT2D eigenvalue weighted by molar-refractivity contribution is -0.209. The quantitative estimate of drug-likeness (QED) is 0.381. The third-order valence-corrected chi connectivity index (χ3v) is 6.32. The van der Waals surface area contributed by atoms with Crippen molar-refractivity contribution in [3.05, 3.63) is 61.4 Å². The number of hydroxylamine groups is 1. The number of nitrogens with zero attached hydrogens (tertiary/aromatic N) is 6. The molecule has 1 N–H and O–H groups in total. The smallest absolute Gasteiger partial charge is 0.363 e. The minimum atomic E-state index is -5.03. The molecule has 1 aliphatic carbocycles. The Morgan fingerprint density at radius 3 is 2.43 bits per heavy atom. The molecule has 0 spiro atoms. The number of rotatable bonds is 6. The maximum atomic E-state index is 12.4. The number of nitrogens with one attached hydrogen (secondary N) is 1. The molecule has 0 saturated heterocycles. The van der Waals surface area contributed by atoms with E-state index in [-0.39, 0.29) is 12.1 Å². The van der Waals surface area contributed by atoms with Crippen LogP contribution in [0.15, 0.2) is 61.4 Å². The van der Waals surface area contributed by atoms with Gasteiger partial charge in [0, 0.05) is 60.1 Å². The number of hydrogen-bond acceptors (Lipinski definition) is 7. The zero-order valence-electron chi connectivity index (χ0n) is 19.9. The Labute approximate surface area is 210 Å². The largest absolute Gasteiger partial charge is 0.492 e. The number of aryl methyl sites for hydroxylation is 1. The van der Waals surface area contributed by atoms with E-state index in [1.807, 2.05) is 43.7 Å². The summed E-state index contributed by atoms with van der Waals surface area (Å²) >= 11 is 0. The van der Waals surface area contributed by atoms with Gasteiger partial charge >= 0.3 is 12.1 Å². The summed E-state index contributed by atoms with van der Waals surface area (Å²) in [4.78, 5) is 24.3. The lowest BCUT2D eigenvalue weighted by Crippen LogP contribution is -2.39. The molecule has 3 heterocycles. The van der Waals surface area contributed by atoms with Gasteiger partial charge in [-0.15, -0.1) is 5.48 Å². The van der Waals surface area contributed by atoms with Crippen LogP contribution in [-0.2, 0) is 16.7 Å². The molecule has 0 radical (unpaired) electrons. The molecule has 3 aromatic heterocycles. The van der Waals surface area contributed by atoms with Crippen molar-refractivity contribution >= 4 is 5.97 Å². The predicted molar refractivity (Wildman–Crippen MR) is 127 cm³/mol. The van der Waals surface area contributed by atoms with Crippen molar-refractivity contribution in [1.82, 2.24) is 35.0 Å². The highest BCUT2D eigenvalue weighted by molar-refractivity contribution is 5.75. The van der Waals surface area contributed by atoms with Crippen molar-refractivity contribution in [1.29, 1.82) is 0 Å². The minimum absolute atomic E-state index is 0.0417. The van der Waals surface area contributed by atoms with Crippen LogP contribution in [0.5, 0.6) is 0 Å². The van der Waals surface area contributed by atoms with Gasteiger partial charge in [-0.05, 0) is 37.3 Å². The Kier molecular flexibility index (Phi) is 6.74. The number of alkyl halides is 3. The van der Waals surface area contributed by atoms with Crippen LogP contribution >= 0.6 is 0 Å². The average molecular weight is 512 g/mol. The maximum Gasteiger partial charge on any atom is 0.492 e. The third kappa shape index (κ3) is 5.69. The van der Waals surface area contributed by atoms with Crippen LogP contribution in [0.25, 0.3) is 33.6 Å². The normalized spacial score (nSPS) is 18.1. The fourth-order valence-corrected chi connectivity index (χ4v) is 4.43. The summed E-state index contributed by atoms with van der Waals surface area (Å²) in [5.41, 5.74) is 6.80. The lowest BCUT2D eigenvalue weighted by Gasteiger charge is -2.29. The van der Waals surface area contributed by atoms with Crippen LogP contribution in [0.4, 0.5) is 13.2 Å². The second kappa shape index (κ2) is 10.1. The van der Waals surface area contributed by atoms with Crippen molar-refractivity contribution in [2.24, 2.45) is 7.05 Å². The summed E-state index contributed by atoms with van der Waals surface area (Å²) in [7, 11) is 1.87. The molecule has 1 aromatic carbocycles. The van der Waals surface area contributed by atoms with E-state index in [2.05, 4.69) is 30.5 Å².